The predicted octanol–water partition coefficient (Wildman–Crippen LogP) is -2.10. The Hall–Kier alpha value is -2.54. The lowest BCUT2D eigenvalue weighted by molar-refractivity contribution is -0.117. The maximum absolute atomic E-state index is 12.7. The highest BCUT2D eigenvalue weighted by molar-refractivity contribution is 6.45. The van der Waals surface area contributed by atoms with E-state index >= 15 is 0 Å². The molecular formula is C18H24B4N6O. The van der Waals surface area contributed by atoms with Crippen molar-refractivity contribution in [3.8, 4) is 11.1 Å². The van der Waals surface area contributed by atoms with Gasteiger partial charge in [0.2, 0.25) is 5.91 Å². The molecule has 0 bridgehead atoms. The van der Waals surface area contributed by atoms with Gasteiger partial charge in [0.15, 0.2) is 5.82 Å². The lowest BCUT2D eigenvalue weighted by Gasteiger charge is -2.40. The van der Waals surface area contributed by atoms with Gasteiger partial charge in [0.1, 0.15) is 31.4 Å². The van der Waals surface area contributed by atoms with Crippen LogP contribution in [-0.2, 0) is 11.8 Å². The van der Waals surface area contributed by atoms with E-state index in [1.54, 1.807) is 4.68 Å². The highest BCUT2D eigenvalue weighted by Gasteiger charge is 2.44. The summed E-state index contributed by atoms with van der Waals surface area (Å²) in [7, 11) is 10.7. The minimum Gasteiger partial charge on any atom is -0.314 e. The first-order chi connectivity index (χ1) is 13.6. The third-order valence-corrected chi connectivity index (χ3v) is 6.00. The van der Waals surface area contributed by atoms with Gasteiger partial charge in [-0.25, -0.2) is 0 Å². The van der Waals surface area contributed by atoms with Crippen molar-refractivity contribution < 1.29 is 4.79 Å². The Morgan fingerprint density at radius 2 is 1.83 bits per heavy atom. The van der Waals surface area contributed by atoms with Gasteiger partial charge in [-0.2, -0.15) is 5.10 Å². The third-order valence-electron chi connectivity index (χ3n) is 6.00. The number of anilines is 1. The summed E-state index contributed by atoms with van der Waals surface area (Å²) in [5.41, 5.74) is 2.88. The van der Waals surface area contributed by atoms with Gasteiger partial charge >= 0.3 is 0 Å². The number of amides is 1. The topological polar surface area (TPSA) is 75.9 Å². The predicted molar refractivity (Wildman–Crippen MR) is 126 cm³/mol. The quantitative estimate of drug-likeness (QED) is 0.523. The largest absolute Gasteiger partial charge is 0.314 e. The Morgan fingerprint density at radius 1 is 1.10 bits per heavy atom. The van der Waals surface area contributed by atoms with Crippen LogP contribution in [0.5, 0.6) is 0 Å². The number of carbonyl (C=O) groups is 1. The zero-order chi connectivity index (χ0) is 20.8. The molecule has 1 aliphatic rings. The van der Waals surface area contributed by atoms with Gasteiger partial charge in [-0.05, 0) is 47.3 Å². The van der Waals surface area contributed by atoms with Crippen LogP contribution in [0.25, 0.3) is 22.0 Å². The average molecular weight is 384 g/mol. The number of aromatic nitrogens is 4. The number of aryl methyl sites for hydroxylation is 1. The smallest absolute Gasteiger partial charge is 0.239 e. The molecule has 1 fully saturated rings. The summed E-state index contributed by atoms with van der Waals surface area (Å²) in [6, 6.07) is 7.86. The molecule has 7 nitrogen and oxygen atoms in total. The molecule has 1 amide bonds. The molecule has 1 saturated heterocycles. The summed E-state index contributed by atoms with van der Waals surface area (Å²) in [4.78, 5) is 15.0. The fourth-order valence-electron chi connectivity index (χ4n) is 4.31. The molecule has 0 saturated carbocycles. The Morgan fingerprint density at radius 3 is 2.48 bits per heavy atom. The molecule has 11 heteroatoms. The van der Waals surface area contributed by atoms with Gasteiger partial charge in [-0.1, -0.05) is 6.07 Å². The van der Waals surface area contributed by atoms with Crippen LogP contribution in [0.2, 0.25) is 0 Å². The van der Waals surface area contributed by atoms with Crippen LogP contribution in [0.3, 0.4) is 0 Å². The molecule has 29 heavy (non-hydrogen) atoms. The van der Waals surface area contributed by atoms with Gasteiger partial charge in [-0.15, -0.1) is 10.2 Å². The molecular weight excluding hydrogens is 359 g/mol. The molecule has 144 valence electrons. The number of rotatable bonds is 4. The van der Waals surface area contributed by atoms with Gasteiger partial charge in [-0.3, -0.25) is 9.48 Å². The lowest BCUT2D eigenvalue weighted by atomic mass is 9.58. The number of nitrogens with zero attached hydrogens (tertiary/aromatic N) is 5. The van der Waals surface area contributed by atoms with Crippen molar-refractivity contribution in [2.75, 3.05) is 11.9 Å². The highest BCUT2D eigenvalue weighted by Crippen LogP contribution is 2.33. The maximum Gasteiger partial charge on any atom is 0.239 e. The first kappa shape index (κ1) is 19.8. The van der Waals surface area contributed by atoms with Crippen LogP contribution in [0.15, 0.2) is 36.7 Å². The average Bonchev–Trinajstić information content (AvgIpc) is 3.18. The summed E-state index contributed by atoms with van der Waals surface area (Å²) in [5.74, 6) is 0.408. The monoisotopic (exact) mass is 384 g/mol. The van der Waals surface area contributed by atoms with Crippen LogP contribution in [0, 0.1) is 0 Å². The number of carbonyl (C=O) groups excluding carboxylic acids is 1. The van der Waals surface area contributed by atoms with Crippen molar-refractivity contribution >= 4 is 54.0 Å². The normalized spacial score (nSPS) is 18.1. The zero-order valence-electron chi connectivity index (χ0n) is 17.7. The maximum atomic E-state index is 12.7. The van der Waals surface area contributed by atoms with E-state index in [2.05, 4.69) is 56.9 Å². The molecule has 3 heterocycles. The molecule has 0 spiro atoms. The second-order valence-electron chi connectivity index (χ2n) is 9.17. The Kier molecular flexibility index (Phi) is 4.81. The molecule has 1 aliphatic heterocycles. The molecule has 0 unspecified atom stereocenters. The van der Waals surface area contributed by atoms with E-state index in [-0.39, 0.29) is 16.6 Å². The second kappa shape index (κ2) is 7.06. The van der Waals surface area contributed by atoms with Gasteiger partial charge in [0, 0.05) is 24.2 Å². The number of benzene rings is 1. The minimum absolute atomic E-state index is 0.00846. The van der Waals surface area contributed by atoms with Crippen LogP contribution in [-0.4, -0.2) is 79.4 Å². The van der Waals surface area contributed by atoms with Gasteiger partial charge in [0.25, 0.3) is 0 Å². The molecule has 3 aromatic rings. The molecule has 0 atom stereocenters. The molecule has 4 rings (SSSR count). The van der Waals surface area contributed by atoms with Gasteiger partial charge < -0.3 is 10.2 Å². The van der Waals surface area contributed by atoms with E-state index in [9.17, 15) is 4.79 Å². The lowest BCUT2D eigenvalue weighted by Crippen LogP contribution is -2.58. The van der Waals surface area contributed by atoms with E-state index in [0.717, 1.165) is 34.9 Å². The Bertz CT molecular complexity index is 1070. The highest BCUT2D eigenvalue weighted by atomic mass is 16.2. The van der Waals surface area contributed by atoms with Crippen molar-refractivity contribution in [1.29, 1.82) is 0 Å². The van der Waals surface area contributed by atoms with Crippen molar-refractivity contribution in [2.24, 2.45) is 7.05 Å². The SMILES string of the molecule is BC1(B)CCC(B)(B)N1CC(=O)Nc1cc2cc(-c3cnn(C)c3)ccc2nn1. The number of fused-ring (bicyclic) bond motifs is 1. The second-order valence-corrected chi connectivity index (χ2v) is 9.17. The van der Waals surface area contributed by atoms with E-state index in [0.29, 0.717) is 12.4 Å². The summed E-state index contributed by atoms with van der Waals surface area (Å²) in [6.07, 6.45) is 5.97. The zero-order valence-corrected chi connectivity index (χ0v) is 17.7. The molecule has 2 aromatic heterocycles. The van der Waals surface area contributed by atoms with E-state index in [1.807, 2.05) is 43.7 Å². The number of likely N-dealkylation sites (tertiary alicyclic amines) is 1. The Balaban J connectivity index is 1.54. The standard InChI is InChI=1S/C18H24B4N6O/c1-27-9-13(8-23-27)11-2-3-14-12(6-11)7-15(26-25-14)24-16(29)10-28-17(19,20)4-5-18(28,21)22/h2-3,6-9H,4-5,10,19-22H2,1H3,(H,24,26,29). The fraction of sp³-hybridized carbons (Fsp3) is 0.333. The summed E-state index contributed by atoms with van der Waals surface area (Å²) >= 11 is 0. The summed E-state index contributed by atoms with van der Waals surface area (Å²) in [6.45, 7) is 0.343. The van der Waals surface area contributed by atoms with Crippen molar-refractivity contribution in [3.63, 3.8) is 0 Å². The number of nitrogens with one attached hydrogen (secondary N) is 1. The summed E-state index contributed by atoms with van der Waals surface area (Å²) < 4.78 is 1.78. The van der Waals surface area contributed by atoms with Crippen molar-refractivity contribution in [2.45, 2.75) is 23.5 Å². The van der Waals surface area contributed by atoms with Crippen LogP contribution < -0.4 is 5.32 Å². The van der Waals surface area contributed by atoms with E-state index in [4.69, 9.17) is 0 Å². The first-order valence-electron chi connectivity index (χ1n) is 9.98. The van der Waals surface area contributed by atoms with E-state index in [1.165, 1.54) is 0 Å². The van der Waals surface area contributed by atoms with Crippen LogP contribution in [0.1, 0.15) is 12.8 Å². The van der Waals surface area contributed by atoms with Crippen LogP contribution >= 0.6 is 0 Å². The fourth-order valence-corrected chi connectivity index (χ4v) is 4.31. The molecule has 0 radical (unpaired) electrons. The van der Waals surface area contributed by atoms with Crippen LogP contribution in [0.4, 0.5) is 5.82 Å². The number of hydrogen-bond acceptors (Lipinski definition) is 5. The molecule has 1 N–H and O–H groups in total. The number of hydrogen-bond donors (Lipinski definition) is 1. The molecule has 0 aliphatic carbocycles. The summed E-state index contributed by atoms with van der Waals surface area (Å²) in [5, 5.41) is 16.6. The van der Waals surface area contributed by atoms with Crippen molar-refractivity contribution in [1.82, 2.24) is 24.9 Å². The third kappa shape index (κ3) is 3.96. The van der Waals surface area contributed by atoms with Crippen molar-refractivity contribution in [3.05, 3.63) is 36.7 Å². The van der Waals surface area contributed by atoms with E-state index < -0.39 is 0 Å². The Labute approximate surface area is 174 Å². The van der Waals surface area contributed by atoms with Gasteiger partial charge in [0.05, 0.1) is 18.3 Å². The first-order valence-corrected chi connectivity index (χ1v) is 9.98. The molecule has 1 aromatic carbocycles. The minimum atomic E-state index is -0.0647.